The van der Waals surface area contributed by atoms with Gasteiger partial charge >= 0.3 is 0 Å². The topological polar surface area (TPSA) is 88.5 Å². The number of hydrogen-bond donors (Lipinski definition) is 0. The first-order chi connectivity index (χ1) is 14.4. The van der Waals surface area contributed by atoms with Crippen molar-refractivity contribution in [2.45, 2.75) is 19.9 Å². The largest absolute Gasteiger partial charge is 0.369 e. The molecule has 1 aliphatic rings. The molecule has 0 amide bonds. The van der Waals surface area contributed by atoms with Crippen molar-refractivity contribution in [3.8, 4) is 11.4 Å². The average Bonchev–Trinajstić information content (AvgIpc) is 3.25. The Morgan fingerprint density at radius 1 is 1.13 bits per heavy atom. The maximum absolute atomic E-state index is 13.5. The molecule has 1 saturated heterocycles. The van der Waals surface area contributed by atoms with Crippen molar-refractivity contribution >= 4 is 11.4 Å². The molecule has 0 bridgehead atoms. The molecule has 2 aromatic carbocycles. The van der Waals surface area contributed by atoms with Crippen LogP contribution >= 0.6 is 0 Å². The molecule has 1 aromatic heterocycles. The molecule has 0 radical (unpaired) electrons. The predicted molar refractivity (Wildman–Crippen MR) is 110 cm³/mol. The maximum Gasteiger partial charge on any atom is 0.269 e. The highest BCUT2D eigenvalue weighted by Crippen LogP contribution is 2.26. The van der Waals surface area contributed by atoms with Crippen LogP contribution in [0.1, 0.15) is 24.4 Å². The highest BCUT2D eigenvalue weighted by atomic mass is 19.1. The van der Waals surface area contributed by atoms with Crippen molar-refractivity contribution in [2.75, 3.05) is 31.1 Å². The normalized spacial score (nSPS) is 15.9. The van der Waals surface area contributed by atoms with E-state index in [2.05, 4.69) is 19.9 Å². The third kappa shape index (κ3) is 4.02. The van der Waals surface area contributed by atoms with Gasteiger partial charge in [0, 0.05) is 49.6 Å². The van der Waals surface area contributed by atoms with Crippen LogP contribution in [0.15, 0.2) is 47.0 Å². The lowest BCUT2D eigenvalue weighted by Crippen LogP contribution is -2.47. The van der Waals surface area contributed by atoms with Crippen LogP contribution in [0.2, 0.25) is 0 Å². The number of aromatic nitrogens is 2. The summed E-state index contributed by atoms with van der Waals surface area (Å²) in [6.07, 6.45) is 0. The van der Waals surface area contributed by atoms with Gasteiger partial charge in [0.05, 0.1) is 11.0 Å². The quantitative estimate of drug-likeness (QED) is 0.463. The minimum atomic E-state index is -0.394. The van der Waals surface area contributed by atoms with E-state index < -0.39 is 4.92 Å². The Labute approximate surface area is 173 Å². The molecule has 1 fully saturated rings. The molecular weight excluding hydrogens is 389 g/mol. The second kappa shape index (κ2) is 8.19. The van der Waals surface area contributed by atoms with Crippen molar-refractivity contribution in [1.29, 1.82) is 0 Å². The van der Waals surface area contributed by atoms with Crippen LogP contribution in [-0.4, -0.2) is 46.1 Å². The molecule has 1 atom stereocenters. The third-order valence-electron chi connectivity index (χ3n) is 5.50. The van der Waals surface area contributed by atoms with Gasteiger partial charge in [-0.15, -0.1) is 0 Å². The molecule has 0 aliphatic carbocycles. The fourth-order valence-corrected chi connectivity index (χ4v) is 3.61. The number of anilines is 1. The van der Waals surface area contributed by atoms with E-state index in [1.165, 1.54) is 18.2 Å². The molecule has 156 valence electrons. The lowest BCUT2D eigenvalue weighted by Gasteiger charge is -2.38. The van der Waals surface area contributed by atoms with E-state index in [9.17, 15) is 14.5 Å². The number of rotatable bonds is 5. The third-order valence-corrected chi connectivity index (χ3v) is 5.50. The molecule has 9 heteroatoms. The van der Waals surface area contributed by atoms with Gasteiger partial charge in [0.2, 0.25) is 11.7 Å². The zero-order valence-electron chi connectivity index (χ0n) is 16.8. The van der Waals surface area contributed by atoms with E-state index in [0.29, 0.717) is 17.3 Å². The molecule has 8 nitrogen and oxygen atoms in total. The number of non-ortho nitro benzene ring substituents is 1. The number of benzene rings is 2. The first kappa shape index (κ1) is 20.0. The van der Waals surface area contributed by atoms with Gasteiger partial charge in [0.25, 0.3) is 5.69 Å². The van der Waals surface area contributed by atoms with Gasteiger partial charge in [-0.25, -0.2) is 4.39 Å². The van der Waals surface area contributed by atoms with E-state index in [0.717, 1.165) is 37.4 Å². The Hall–Kier alpha value is -3.33. The number of piperazine rings is 1. The number of nitro benzene ring substituents is 1. The molecule has 2 heterocycles. The average molecular weight is 411 g/mol. The van der Waals surface area contributed by atoms with Gasteiger partial charge < -0.3 is 9.42 Å². The number of hydrogen-bond acceptors (Lipinski definition) is 7. The van der Waals surface area contributed by atoms with Crippen molar-refractivity contribution in [1.82, 2.24) is 15.0 Å². The van der Waals surface area contributed by atoms with Gasteiger partial charge in [0.1, 0.15) is 5.82 Å². The van der Waals surface area contributed by atoms with Crippen molar-refractivity contribution in [2.24, 2.45) is 0 Å². The Morgan fingerprint density at radius 2 is 1.83 bits per heavy atom. The van der Waals surface area contributed by atoms with Gasteiger partial charge in [-0.05, 0) is 49.7 Å². The molecule has 1 unspecified atom stereocenters. The number of nitrogens with zero attached hydrogens (tertiary/aromatic N) is 5. The predicted octanol–water partition coefficient (Wildman–Crippen LogP) is 3.98. The van der Waals surface area contributed by atoms with Crippen molar-refractivity contribution in [3.63, 3.8) is 0 Å². The van der Waals surface area contributed by atoms with Crippen LogP contribution in [0.3, 0.4) is 0 Å². The Kier molecular flexibility index (Phi) is 5.45. The lowest BCUT2D eigenvalue weighted by atomic mass is 10.1. The molecule has 1 aliphatic heterocycles. The summed E-state index contributed by atoms with van der Waals surface area (Å²) < 4.78 is 19.0. The van der Waals surface area contributed by atoms with Crippen molar-refractivity contribution in [3.05, 3.63) is 69.9 Å². The summed E-state index contributed by atoms with van der Waals surface area (Å²) in [4.78, 5) is 19.4. The van der Waals surface area contributed by atoms with E-state index in [-0.39, 0.29) is 17.5 Å². The standard InChI is InChI=1S/C21H22FN5O3/c1-14-13-16(3-8-19(14)22)20-23-21(30-24-20)15(2)25-9-11-26(12-10-25)17-4-6-18(7-5-17)27(28)29/h3-8,13,15H,9-12H2,1-2H3. The molecule has 0 N–H and O–H groups in total. The second-order valence-corrected chi connectivity index (χ2v) is 7.39. The lowest BCUT2D eigenvalue weighted by molar-refractivity contribution is -0.384. The fraction of sp³-hybridized carbons (Fsp3) is 0.333. The summed E-state index contributed by atoms with van der Waals surface area (Å²) >= 11 is 0. The summed E-state index contributed by atoms with van der Waals surface area (Å²) in [5.41, 5.74) is 2.32. The van der Waals surface area contributed by atoms with Crippen molar-refractivity contribution < 1.29 is 13.8 Å². The summed E-state index contributed by atoms with van der Waals surface area (Å²) in [6.45, 7) is 6.90. The molecule has 0 spiro atoms. The Morgan fingerprint density at radius 3 is 2.47 bits per heavy atom. The van der Waals surface area contributed by atoms with Gasteiger partial charge in [-0.3, -0.25) is 15.0 Å². The maximum atomic E-state index is 13.5. The highest BCUT2D eigenvalue weighted by molar-refractivity contribution is 5.55. The van der Waals surface area contributed by atoms with E-state index in [1.54, 1.807) is 31.2 Å². The fourth-order valence-electron chi connectivity index (χ4n) is 3.61. The second-order valence-electron chi connectivity index (χ2n) is 7.39. The highest BCUT2D eigenvalue weighted by Gasteiger charge is 2.26. The zero-order chi connectivity index (χ0) is 21.3. The van der Waals surface area contributed by atoms with Crippen LogP contribution in [-0.2, 0) is 0 Å². The van der Waals surface area contributed by atoms with Crippen LogP contribution in [0.4, 0.5) is 15.8 Å². The van der Waals surface area contributed by atoms with E-state index >= 15 is 0 Å². The van der Waals surface area contributed by atoms with Gasteiger partial charge in [-0.1, -0.05) is 5.16 Å². The van der Waals surface area contributed by atoms with Crippen LogP contribution < -0.4 is 4.90 Å². The summed E-state index contributed by atoms with van der Waals surface area (Å²) in [5.74, 6) is 0.710. The number of nitro groups is 1. The molecule has 3 aromatic rings. The monoisotopic (exact) mass is 411 g/mol. The molecule has 4 rings (SSSR count). The SMILES string of the molecule is Cc1cc(-c2noc(C(C)N3CCN(c4ccc([N+](=O)[O-])cc4)CC3)n2)ccc1F. The summed E-state index contributed by atoms with van der Waals surface area (Å²) in [5, 5.41) is 14.9. The van der Waals surface area contributed by atoms with Gasteiger partial charge in [0.15, 0.2) is 0 Å². The Bertz CT molecular complexity index is 1050. The van der Waals surface area contributed by atoms with Gasteiger partial charge in [-0.2, -0.15) is 4.98 Å². The first-order valence-electron chi connectivity index (χ1n) is 9.76. The molecular formula is C21H22FN5O3. The molecule has 30 heavy (non-hydrogen) atoms. The number of aryl methyl sites for hydroxylation is 1. The Balaban J connectivity index is 1.39. The first-order valence-corrected chi connectivity index (χ1v) is 9.76. The smallest absolute Gasteiger partial charge is 0.269 e. The van der Waals surface area contributed by atoms with E-state index in [1.807, 2.05) is 6.92 Å². The number of halogens is 1. The van der Waals surface area contributed by atoms with Crippen LogP contribution in [0.25, 0.3) is 11.4 Å². The van der Waals surface area contributed by atoms with Crippen LogP contribution in [0, 0.1) is 22.9 Å². The summed E-state index contributed by atoms with van der Waals surface area (Å²) in [7, 11) is 0. The zero-order valence-corrected chi connectivity index (χ0v) is 16.8. The molecule has 0 saturated carbocycles. The minimum Gasteiger partial charge on any atom is -0.369 e. The van der Waals surface area contributed by atoms with E-state index in [4.69, 9.17) is 4.52 Å². The van der Waals surface area contributed by atoms with Crippen LogP contribution in [0.5, 0.6) is 0 Å². The minimum absolute atomic E-state index is 0.0493. The summed E-state index contributed by atoms with van der Waals surface area (Å²) in [6, 6.07) is 11.3.